The van der Waals surface area contributed by atoms with E-state index in [1.165, 1.54) is 0 Å². The van der Waals surface area contributed by atoms with Crippen LogP contribution in [-0.4, -0.2) is 92.8 Å². The summed E-state index contributed by atoms with van der Waals surface area (Å²) in [5, 5.41) is 43.8. The average Bonchev–Trinajstić information content (AvgIpc) is 2.82. The Morgan fingerprint density at radius 3 is 1.76 bits per heavy atom. The van der Waals surface area contributed by atoms with Gasteiger partial charge in [-0.05, 0) is 37.4 Å². The van der Waals surface area contributed by atoms with E-state index < -0.39 is 47.7 Å². The van der Waals surface area contributed by atoms with Gasteiger partial charge in [-0.1, -0.05) is 58.0 Å². The Balaban J connectivity index is 0.000000845. The normalized spacial score (nSPS) is 13.7. The van der Waals surface area contributed by atoms with Crippen molar-refractivity contribution in [1.29, 1.82) is 0 Å². The monoisotopic (exact) mass is 527 g/mol. The maximum atomic E-state index is 12.1. The molecular weight excluding hydrogens is 486 g/mol. The van der Waals surface area contributed by atoms with Gasteiger partial charge in [0.2, 0.25) is 0 Å². The first-order valence-electron chi connectivity index (χ1n) is 12.3. The number of ether oxygens (including phenoxy) is 1. The number of aliphatic hydroxyl groups is 1. The van der Waals surface area contributed by atoms with Crippen molar-refractivity contribution in [2.75, 3.05) is 32.8 Å². The Morgan fingerprint density at radius 2 is 1.38 bits per heavy atom. The van der Waals surface area contributed by atoms with Crippen molar-refractivity contribution < 1.29 is 49.4 Å². The van der Waals surface area contributed by atoms with Crippen LogP contribution in [0.3, 0.4) is 0 Å². The molecule has 0 bridgehead atoms. The van der Waals surface area contributed by atoms with Crippen LogP contribution in [0.25, 0.3) is 0 Å². The van der Waals surface area contributed by atoms with Crippen molar-refractivity contribution in [3.05, 3.63) is 35.9 Å². The van der Waals surface area contributed by atoms with E-state index in [2.05, 4.69) is 18.7 Å². The molecule has 11 nitrogen and oxygen atoms in total. The number of hydrogen-bond acceptors (Lipinski definition) is 7. The molecule has 0 fully saturated rings. The lowest BCUT2D eigenvalue weighted by atomic mass is 9.68. The smallest absolute Gasteiger partial charge is 0.336 e. The number of likely N-dealkylation sites (N-methyl/N-ethyl adjacent to an activating group) is 1. The maximum absolute atomic E-state index is 12.1. The second-order valence-corrected chi connectivity index (χ2v) is 8.80. The zero-order valence-corrected chi connectivity index (χ0v) is 22.1. The number of nitrogens with zero attached hydrogens (tertiary/aromatic N) is 1. The van der Waals surface area contributed by atoms with Gasteiger partial charge in [-0.25, -0.2) is 4.79 Å². The largest absolute Gasteiger partial charge is 0.481 e. The molecule has 0 saturated carbocycles. The van der Waals surface area contributed by atoms with E-state index in [-0.39, 0.29) is 5.92 Å². The van der Waals surface area contributed by atoms with Gasteiger partial charge in [0, 0.05) is 13.2 Å². The summed E-state index contributed by atoms with van der Waals surface area (Å²) in [7, 11) is 0. The molecule has 0 aliphatic heterocycles. The van der Waals surface area contributed by atoms with Gasteiger partial charge in [-0.2, -0.15) is 0 Å². The minimum atomic E-state index is -2.74. The molecule has 0 radical (unpaired) electrons. The topological polar surface area (TPSA) is 182 Å². The highest BCUT2D eigenvalue weighted by Gasteiger charge is 2.43. The summed E-state index contributed by atoms with van der Waals surface area (Å²) in [5.41, 5.74) is -2.70. The van der Waals surface area contributed by atoms with Gasteiger partial charge in [0.05, 0.1) is 24.9 Å². The third-order valence-corrected chi connectivity index (χ3v) is 6.50. The predicted octanol–water partition coefficient (Wildman–Crippen LogP) is 2.56. The number of carboxylic acids is 4. The van der Waals surface area contributed by atoms with Gasteiger partial charge in [0.15, 0.2) is 5.60 Å². The van der Waals surface area contributed by atoms with Gasteiger partial charge in [-0.15, -0.1) is 0 Å². The standard InChI is InChI=1S/C20H33NO3.C6H8O7/c1-5-20(19(22)23,18-11-9-8-10-12-18)17(4)13-15-24-16-14-21(6-2)7-3;7-3(8)1-6(13,5(11)12)2-4(9)10/h8-12,17H,5-7,13-16H2,1-4H3,(H,22,23);13H,1-2H2,(H,7,8)(H,9,10)(H,11,12). The van der Waals surface area contributed by atoms with Crippen molar-refractivity contribution in [2.45, 2.75) is 64.4 Å². The van der Waals surface area contributed by atoms with Crippen molar-refractivity contribution in [3.8, 4) is 0 Å². The lowest BCUT2D eigenvalue weighted by Gasteiger charge is -2.35. The highest BCUT2D eigenvalue weighted by Crippen LogP contribution is 2.38. The van der Waals surface area contributed by atoms with Crippen LogP contribution in [0.5, 0.6) is 0 Å². The van der Waals surface area contributed by atoms with E-state index in [4.69, 9.17) is 25.2 Å². The highest BCUT2D eigenvalue weighted by atomic mass is 16.5. The van der Waals surface area contributed by atoms with Crippen molar-refractivity contribution in [1.82, 2.24) is 4.90 Å². The summed E-state index contributed by atoms with van der Waals surface area (Å²) in [4.78, 5) is 44.9. The number of hydrogen-bond donors (Lipinski definition) is 5. The first kappa shape index (κ1) is 34.0. The summed E-state index contributed by atoms with van der Waals surface area (Å²) in [6, 6.07) is 9.60. The third kappa shape index (κ3) is 10.9. The molecule has 0 spiro atoms. The Labute approximate surface area is 217 Å². The number of carbonyl (C=O) groups is 4. The fourth-order valence-corrected chi connectivity index (χ4v) is 4.11. The fourth-order valence-electron chi connectivity index (χ4n) is 4.11. The first-order valence-corrected chi connectivity index (χ1v) is 12.3. The molecule has 0 aliphatic carbocycles. The van der Waals surface area contributed by atoms with E-state index in [1.807, 2.05) is 44.2 Å². The molecule has 2 atom stereocenters. The molecule has 1 rings (SSSR count). The molecule has 0 saturated heterocycles. The van der Waals surface area contributed by atoms with Gasteiger partial charge in [-0.3, -0.25) is 14.4 Å². The molecule has 0 amide bonds. The Bertz CT molecular complexity index is 840. The average molecular weight is 528 g/mol. The minimum absolute atomic E-state index is 0.0100. The molecule has 0 heterocycles. The first-order chi connectivity index (χ1) is 17.3. The Kier molecular flexibility index (Phi) is 15.3. The minimum Gasteiger partial charge on any atom is -0.481 e. The van der Waals surface area contributed by atoms with E-state index in [1.54, 1.807) is 0 Å². The fraction of sp³-hybridized carbons (Fsp3) is 0.615. The van der Waals surface area contributed by atoms with Gasteiger partial charge in [0.25, 0.3) is 0 Å². The van der Waals surface area contributed by atoms with Crippen LogP contribution in [0.15, 0.2) is 30.3 Å². The highest BCUT2D eigenvalue weighted by molar-refractivity contribution is 5.88. The lowest BCUT2D eigenvalue weighted by Crippen LogP contribution is -2.42. The summed E-state index contributed by atoms with van der Waals surface area (Å²) in [6.45, 7) is 12.6. The van der Waals surface area contributed by atoms with Crippen LogP contribution in [0, 0.1) is 5.92 Å². The molecule has 0 aromatic heterocycles. The second-order valence-electron chi connectivity index (χ2n) is 8.80. The molecule has 2 unspecified atom stereocenters. The Hall–Kier alpha value is -3.02. The SMILES string of the molecule is CCN(CC)CCOCCC(C)C(CC)(C(=O)O)c1ccccc1.O=C(O)CC(O)(CC(=O)O)C(=O)O. The summed E-state index contributed by atoms with van der Waals surface area (Å²) < 4.78 is 5.76. The van der Waals surface area contributed by atoms with Crippen molar-refractivity contribution >= 4 is 23.9 Å². The summed E-state index contributed by atoms with van der Waals surface area (Å²) in [6.07, 6.45) is -0.969. The molecular formula is C26H41NO10. The zero-order chi connectivity index (χ0) is 28.6. The lowest BCUT2D eigenvalue weighted by molar-refractivity contribution is -0.170. The van der Waals surface area contributed by atoms with Crippen LogP contribution in [-0.2, 0) is 29.3 Å². The van der Waals surface area contributed by atoms with Gasteiger partial charge in [0.1, 0.15) is 0 Å². The Morgan fingerprint density at radius 1 is 0.865 bits per heavy atom. The second kappa shape index (κ2) is 16.7. The van der Waals surface area contributed by atoms with Crippen LogP contribution >= 0.6 is 0 Å². The van der Waals surface area contributed by atoms with Crippen LogP contribution in [0.4, 0.5) is 0 Å². The third-order valence-electron chi connectivity index (χ3n) is 6.50. The predicted molar refractivity (Wildman–Crippen MR) is 136 cm³/mol. The number of benzene rings is 1. The molecule has 1 aromatic rings. The molecule has 210 valence electrons. The van der Waals surface area contributed by atoms with Crippen LogP contribution < -0.4 is 0 Å². The summed E-state index contributed by atoms with van der Waals surface area (Å²) >= 11 is 0. The molecule has 0 aliphatic rings. The van der Waals surface area contributed by atoms with E-state index in [9.17, 15) is 24.3 Å². The zero-order valence-electron chi connectivity index (χ0n) is 22.1. The van der Waals surface area contributed by atoms with Gasteiger partial charge >= 0.3 is 23.9 Å². The molecule has 37 heavy (non-hydrogen) atoms. The number of carboxylic acid groups (broad SMARTS) is 4. The number of rotatable bonds is 17. The number of aliphatic carboxylic acids is 4. The van der Waals surface area contributed by atoms with Crippen LogP contribution in [0.2, 0.25) is 0 Å². The molecule has 1 aromatic carbocycles. The quantitative estimate of drug-likeness (QED) is 0.188. The molecule has 5 N–H and O–H groups in total. The maximum Gasteiger partial charge on any atom is 0.336 e. The van der Waals surface area contributed by atoms with E-state index in [0.717, 1.165) is 31.6 Å². The van der Waals surface area contributed by atoms with E-state index in [0.29, 0.717) is 19.6 Å². The summed E-state index contributed by atoms with van der Waals surface area (Å²) in [5.74, 6) is -5.75. The van der Waals surface area contributed by atoms with Gasteiger partial charge < -0.3 is 35.2 Å². The van der Waals surface area contributed by atoms with Crippen LogP contribution in [0.1, 0.15) is 58.9 Å². The van der Waals surface area contributed by atoms with E-state index >= 15 is 0 Å². The van der Waals surface area contributed by atoms with Crippen molar-refractivity contribution in [3.63, 3.8) is 0 Å². The van der Waals surface area contributed by atoms with Crippen molar-refractivity contribution in [2.24, 2.45) is 5.92 Å². The molecule has 11 heteroatoms.